The van der Waals surface area contributed by atoms with Crippen LogP contribution < -0.4 is 0 Å². The molecular formula is C10H13NO3. The van der Waals surface area contributed by atoms with E-state index in [9.17, 15) is 4.79 Å². The van der Waals surface area contributed by atoms with E-state index in [-0.39, 0.29) is 11.7 Å². The average molecular weight is 195 g/mol. The molecule has 1 aliphatic heterocycles. The van der Waals surface area contributed by atoms with Gasteiger partial charge in [0.2, 0.25) is 0 Å². The summed E-state index contributed by atoms with van der Waals surface area (Å²) in [7, 11) is 1.28. The molecule has 0 aromatic heterocycles. The molecule has 0 amide bonds. The van der Waals surface area contributed by atoms with Crippen molar-refractivity contribution < 1.29 is 14.3 Å². The third-order valence-electron chi connectivity index (χ3n) is 2.19. The molecule has 0 saturated carbocycles. The van der Waals surface area contributed by atoms with Crippen molar-refractivity contribution >= 4 is 5.97 Å². The van der Waals surface area contributed by atoms with Crippen LogP contribution in [0.3, 0.4) is 0 Å². The summed E-state index contributed by atoms with van der Waals surface area (Å²) >= 11 is 0. The van der Waals surface area contributed by atoms with Crippen LogP contribution in [0, 0.1) is 11.3 Å². The van der Waals surface area contributed by atoms with Gasteiger partial charge in [-0.25, -0.2) is 4.79 Å². The fraction of sp³-hybridized carbons (Fsp3) is 0.600. The Morgan fingerprint density at radius 1 is 1.71 bits per heavy atom. The summed E-state index contributed by atoms with van der Waals surface area (Å²) in [6, 6.07) is 1.89. The van der Waals surface area contributed by atoms with E-state index in [1.54, 1.807) is 0 Å². The van der Waals surface area contributed by atoms with Gasteiger partial charge in [-0.15, -0.1) is 0 Å². The molecule has 0 bridgehead atoms. The summed E-state index contributed by atoms with van der Waals surface area (Å²) in [4.78, 5) is 11.2. The molecular weight excluding hydrogens is 182 g/mol. The zero-order chi connectivity index (χ0) is 10.6. The third kappa shape index (κ3) is 2.33. The molecule has 1 fully saturated rings. The predicted molar refractivity (Wildman–Crippen MR) is 49.3 cm³/mol. The number of ether oxygens (including phenoxy) is 2. The summed E-state index contributed by atoms with van der Waals surface area (Å²) in [5, 5.41) is 8.82. The number of nitrogens with zero attached hydrogens (tertiary/aromatic N) is 1. The molecule has 76 valence electrons. The van der Waals surface area contributed by atoms with E-state index < -0.39 is 5.97 Å². The number of esters is 1. The summed E-state index contributed by atoms with van der Waals surface area (Å²) in [6.07, 6.45) is 1.35. The number of rotatable bonds is 1. The van der Waals surface area contributed by atoms with Crippen molar-refractivity contribution in [3.8, 4) is 6.07 Å². The lowest BCUT2D eigenvalue weighted by molar-refractivity contribution is -0.135. The van der Waals surface area contributed by atoms with Gasteiger partial charge in [0.1, 0.15) is 11.6 Å². The van der Waals surface area contributed by atoms with E-state index in [0.717, 1.165) is 5.57 Å². The molecule has 1 atom stereocenters. The first-order valence-electron chi connectivity index (χ1n) is 4.51. The fourth-order valence-corrected chi connectivity index (χ4v) is 1.49. The Kier molecular flexibility index (Phi) is 3.66. The number of hydrogen-bond donors (Lipinski definition) is 0. The Balaban J connectivity index is 2.88. The van der Waals surface area contributed by atoms with E-state index in [1.165, 1.54) is 7.11 Å². The van der Waals surface area contributed by atoms with Crippen LogP contribution in [0.1, 0.15) is 19.8 Å². The minimum absolute atomic E-state index is 0.0757. The van der Waals surface area contributed by atoms with E-state index in [4.69, 9.17) is 10.00 Å². The van der Waals surface area contributed by atoms with E-state index in [2.05, 4.69) is 4.74 Å². The zero-order valence-electron chi connectivity index (χ0n) is 8.37. The number of hydrogen-bond acceptors (Lipinski definition) is 4. The molecule has 1 unspecified atom stereocenters. The molecule has 1 heterocycles. The maximum Gasteiger partial charge on any atom is 0.348 e. The van der Waals surface area contributed by atoms with Crippen LogP contribution in [-0.4, -0.2) is 25.8 Å². The van der Waals surface area contributed by atoms with Crippen LogP contribution >= 0.6 is 0 Å². The van der Waals surface area contributed by atoms with Gasteiger partial charge in [-0.2, -0.15) is 5.26 Å². The standard InChI is InChI=1S/C10H13NO3/c1-7-5-8(3-4-14-7)9(6-11)10(12)13-2/h7H,3-5H2,1-2H3/b9-8+. The Labute approximate surface area is 83.1 Å². The number of nitriles is 1. The summed E-state index contributed by atoms with van der Waals surface area (Å²) in [5.74, 6) is -0.545. The number of methoxy groups -OCH3 is 1. The zero-order valence-corrected chi connectivity index (χ0v) is 8.37. The van der Waals surface area contributed by atoms with Crippen molar-refractivity contribution in [1.29, 1.82) is 5.26 Å². The van der Waals surface area contributed by atoms with Crippen molar-refractivity contribution in [3.05, 3.63) is 11.1 Å². The van der Waals surface area contributed by atoms with E-state index in [1.807, 2.05) is 13.0 Å². The Hall–Kier alpha value is -1.34. The fourth-order valence-electron chi connectivity index (χ4n) is 1.49. The van der Waals surface area contributed by atoms with Crippen LogP contribution in [-0.2, 0) is 14.3 Å². The van der Waals surface area contributed by atoms with Crippen molar-refractivity contribution in [2.75, 3.05) is 13.7 Å². The van der Waals surface area contributed by atoms with Crippen LogP contribution in [0.15, 0.2) is 11.1 Å². The normalized spacial score (nSPS) is 25.1. The predicted octanol–water partition coefficient (Wildman–Crippen LogP) is 1.18. The lowest BCUT2D eigenvalue weighted by Crippen LogP contribution is -2.20. The molecule has 1 aliphatic rings. The second kappa shape index (κ2) is 4.77. The molecule has 0 aliphatic carbocycles. The van der Waals surface area contributed by atoms with Gasteiger partial charge >= 0.3 is 5.97 Å². The first-order valence-corrected chi connectivity index (χ1v) is 4.51. The van der Waals surface area contributed by atoms with Gasteiger partial charge in [0, 0.05) is 0 Å². The average Bonchev–Trinajstić information content (AvgIpc) is 2.19. The van der Waals surface area contributed by atoms with Gasteiger partial charge in [-0.3, -0.25) is 0 Å². The van der Waals surface area contributed by atoms with Crippen LogP contribution in [0.4, 0.5) is 0 Å². The Morgan fingerprint density at radius 3 is 2.93 bits per heavy atom. The molecule has 0 spiro atoms. The van der Waals surface area contributed by atoms with Crippen molar-refractivity contribution in [2.24, 2.45) is 0 Å². The first kappa shape index (κ1) is 10.7. The van der Waals surface area contributed by atoms with Gasteiger partial charge in [-0.05, 0) is 25.3 Å². The highest BCUT2D eigenvalue weighted by Crippen LogP contribution is 2.22. The highest BCUT2D eigenvalue weighted by Gasteiger charge is 2.21. The summed E-state index contributed by atoms with van der Waals surface area (Å²) < 4.78 is 9.85. The second-order valence-electron chi connectivity index (χ2n) is 3.22. The molecule has 0 aromatic rings. The van der Waals surface area contributed by atoms with E-state index in [0.29, 0.717) is 19.4 Å². The smallest absolute Gasteiger partial charge is 0.348 e. The third-order valence-corrected chi connectivity index (χ3v) is 2.19. The van der Waals surface area contributed by atoms with Crippen molar-refractivity contribution in [1.82, 2.24) is 0 Å². The molecule has 14 heavy (non-hydrogen) atoms. The van der Waals surface area contributed by atoms with Gasteiger partial charge in [0.15, 0.2) is 0 Å². The topological polar surface area (TPSA) is 59.3 Å². The minimum Gasteiger partial charge on any atom is -0.465 e. The summed E-state index contributed by atoms with van der Waals surface area (Å²) in [5.41, 5.74) is 0.987. The van der Waals surface area contributed by atoms with Gasteiger partial charge < -0.3 is 9.47 Å². The maximum atomic E-state index is 11.2. The number of carbonyl (C=O) groups excluding carboxylic acids is 1. The Bertz CT molecular complexity index is 301. The molecule has 1 rings (SSSR count). The van der Waals surface area contributed by atoms with Crippen molar-refractivity contribution in [3.63, 3.8) is 0 Å². The molecule has 4 nitrogen and oxygen atoms in total. The highest BCUT2D eigenvalue weighted by molar-refractivity contribution is 5.93. The van der Waals surface area contributed by atoms with Gasteiger partial charge in [0.25, 0.3) is 0 Å². The SMILES string of the molecule is COC(=O)/C(C#N)=C1\CCOC(C)C1. The van der Waals surface area contributed by atoms with Gasteiger partial charge in [-0.1, -0.05) is 0 Å². The van der Waals surface area contributed by atoms with Crippen LogP contribution in [0.5, 0.6) is 0 Å². The molecule has 0 radical (unpaired) electrons. The molecule has 4 heteroatoms. The number of carbonyl (C=O) groups is 1. The summed E-state index contributed by atoms with van der Waals surface area (Å²) in [6.45, 7) is 2.49. The molecule has 0 N–H and O–H groups in total. The van der Waals surface area contributed by atoms with Gasteiger partial charge in [0.05, 0.1) is 19.8 Å². The molecule has 1 saturated heterocycles. The molecule has 0 aromatic carbocycles. The van der Waals surface area contributed by atoms with Crippen LogP contribution in [0.2, 0.25) is 0 Å². The minimum atomic E-state index is -0.545. The highest BCUT2D eigenvalue weighted by atomic mass is 16.5. The lowest BCUT2D eigenvalue weighted by atomic mass is 9.98. The lowest BCUT2D eigenvalue weighted by Gasteiger charge is -2.22. The largest absolute Gasteiger partial charge is 0.465 e. The van der Waals surface area contributed by atoms with E-state index >= 15 is 0 Å². The Morgan fingerprint density at radius 2 is 2.43 bits per heavy atom. The van der Waals surface area contributed by atoms with Crippen LogP contribution in [0.25, 0.3) is 0 Å². The maximum absolute atomic E-state index is 11.2. The first-order chi connectivity index (χ1) is 6.69. The van der Waals surface area contributed by atoms with Crippen molar-refractivity contribution in [2.45, 2.75) is 25.9 Å². The second-order valence-corrected chi connectivity index (χ2v) is 3.22. The quantitative estimate of drug-likeness (QED) is 0.358. The monoisotopic (exact) mass is 195 g/mol.